The second-order valence-electron chi connectivity index (χ2n) is 6.63. The normalized spacial score (nSPS) is 14.4. The van der Waals surface area contributed by atoms with Crippen LogP contribution in [0.2, 0.25) is 0 Å². The van der Waals surface area contributed by atoms with Crippen molar-refractivity contribution < 1.29 is 4.79 Å². The summed E-state index contributed by atoms with van der Waals surface area (Å²) >= 11 is 3.53. The fourth-order valence-electron chi connectivity index (χ4n) is 3.20. The van der Waals surface area contributed by atoms with Crippen molar-refractivity contribution in [2.24, 2.45) is 0 Å². The molecule has 0 spiro atoms. The summed E-state index contributed by atoms with van der Waals surface area (Å²) in [5.74, 6) is 0.202. The Labute approximate surface area is 154 Å². The van der Waals surface area contributed by atoms with Gasteiger partial charge in [-0.05, 0) is 45.5 Å². The molecule has 3 heteroatoms. The highest BCUT2D eigenvalue weighted by molar-refractivity contribution is 9.10. The molecular weight excluding hydrogens is 362 g/mol. The van der Waals surface area contributed by atoms with Gasteiger partial charge in [0.2, 0.25) is 0 Å². The van der Waals surface area contributed by atoms with Gasteiger partial charge in [0.1, 0.15) is 0 Å². The Hall–Kier alpha value is -1.45. The third-order valence-electron chi connectivity index (χ3n) is 4.80. The Balaban J connectivity index is 2.71. The SMILES string of the molecule is C[C@H](CC(C(=O)[C@@H](C)Br)(c1ccccc1)c1ccccc1)N(C)C. The molecule has 0 saturated carbocycles. The summed E-state index contributed by atoms with van der Waals surface area (Å²) in [6.07, 6.45) is 0.739. The smallest absolute Gasteiger partial charge is 0.161 e. The molecule has 0 aliphatic heterocycles. The van der Waals surface area contributed by atoms with Crippen molar-refractivity contribution in [2.45, 2.75) is 36.6 Å². The maximum absolute atomic E-state index is 13.5. The fraction of sp³-hybridized carbons (Fsp3) is 0.381. The van der Waals surface area contributed by atoms with Gasteiger partial charge in [-0.15, -0.1) is 0 Å². The third kappa shape index (κ3) is 3.79. The molecule has 2 atom stereocenters. The molecule has 0 N–H and O–H groups in total. The fourth-order valence-corrected chi connectivity index (χ4v) is 3.59. The molecule has 0 aliphatic rings. The van der Waals surface area contributed by atoms with Crippen molar-refractivity contribution in [3.8, 4) is 0 Å². The first-order valence-corrected chi connectivity index (χ1v) is 9.27. The zero-order chi connectivity index (χ0) is 17.7. The predicted molar refractivity (Wildman–Crippen MR) is 105 cm³/mol. The molecule has 0 amide bonds. The second-order valence-corrected chi connectivity index (χ2v) is 8.01. The van der Waals surface area contributed by atoms with Gasteiger partial charge in [0.25, 0.3) is 0 Å². The van der Waals surface area contributed by atoms with E-state index in [4.69, 9.17) is 0 Å². The molecule has 2 nitrogen and oxygen atoms in total. The minimum absolute atomic E-state index is 0.202. The van der Waals surface area contributed by atoms with Crippen molar-refractivity contribution >= 4 is 21.7 Å². The van der Waals surface area contributed by atoms with Crippen LogP contribution in [0.3, 0.4) is 0 Å². The summed E-state index contributed by atoms with van der Waals surface area (Å²) in [7, 11) is 4.13. The molecule has 0 aromatic heterocycles. The van der Waals surface area contributed by atoms with E-state index in [1.807, 2.05) is 43.3 Å². The number of rotatable bonds is 7. The van der Waals surface area contributed by atoms with Crippen molar-refractivity contribution in [3.05, 3.63) is 71.8 Å². The molecule has 2 rings (SSSR count). The molecule has 2 aromatic carbocycles. The highest BCUT2D eigenvalue weighted by Crippen LogP contribution is 2.40. The van der Waals surface area contributed by atoms with Crippen LogP contribution in [-0.4, -0.2) is 35.6 Å². The van der Waals surface area contributed by atoms with Gasteiger partial charge in [-0.1, -0.05) is 76.6 Å². The average molecular weight is 388 g/mol. The molecular formula is C21H26BrNO. The van der Waals surface area contributed by atoms with Crippen LogP contribution >= 0.6 is 15.9 Å². The van der Waals surface area contributed by atoms with E-state index in [0.29, 0.717) is 0 Å². The Morgan fingerprint density at radius 3 is 1.71 bits per heavy atom. The van der Waals surface area contributed by atoms with E-state index in [1.54, 1.807) is 0 Å². The van der Waals surface area contributed by atoms with Gasteiger partial charge < -0.3 is 4.90 Å². The summed E-state index contributed by atoms with van der Waals surface area (Å²) < 4.78 is 0. The third-order valence-corrected chi connectivity index (χ3v) is 5.21. The number of alkyl halides is 1. The number of hydrogen-bond donors (Lipinski definition) is 0. The zero-order valence-corrected chi connectivity index (χ0v) is 16.5. The number of nitrogens with zero attached hydrogens (tertiary/aromatic N) is 1. The Morgan fingerprint density at radius 2 is 1.38 bits per heavy atom. The standard InChI is InChI=1S/C21H26BrNO/c1-16(23(3)4)15-21(20(24)17(2)22,18-11-7-5-8-12-18)19-13-9-6-10-14-19/h5-14,16-17H,15H2,1-4H3/t16-,17-/m1/s1. The van der Waals surface area contributed by atoms with Crippen LogP contribution in [0.1, 0.15) is 31.4 Å². The Kier molecular flexibility index (Phi) is 6.36. The molecule has 0 bridgehead atoms. The van der Waals surface area contributed by atoms with E-state index in [-0.39, 0.29) is 16.7 Å². The van der Waals surface area contributed by atoms with Crippen LogP contribution in [0, 0.1) is 0 Å². The number of carbonyl (C=O) groups excluding carboxylic acids is 1. The Morgan fingerprint density at radius 1 is 0.958 bits per heavy atom. The average Bonchev–Trinajstić information content (AvgIpc) is 2.60. The number of hydrogen-bond acceptors (Lipinski definition) is 2. The minimum atomic E-state index is -0.658. The lowest BCUT2D eigenvalue weighted by atomic mass is 9.67. The van der Waals surface area contributed by atoms with Gasteiger partial charge in [0.05, 0.1) is 10.2 Å². The van der Waals surface area contributed by atoms with Crippen molar-refractivity contribution in [3.63, 3.8) is 0 Å². The molecule has 0 heterocycles. The number of Topliss-reactive ketones (excluding diaryl/α,β-unsaturated/α-hetero) is 1. The molecule has 0 radical (unpaired) electrons. The lowest BCUT2D eigenvalue weighted by molar-refractivity contribution is -0.123. The van der Waals surface area contributed by atoms with Crippen LogP contribution in [0.15, 0.2) is 60.7 Å². The molecule has 2 aromatic rings. The first kappa shape index (κ1) is 18.9. The number of benzene rings is 2. The van der Waals surface area contributed by atoms with Gasteiger partial charge in [-0.2, -0.15) is 0 Å². The second kappa shape index (κ2) is 8.09. The summed E-state index contributed by atoms with van der Waals surface area (Å²) in [4.78, 5) is 15.4. The van der Waals surface area contributed by atoms with Crippen molar-refractivity contribution in [1.29, 1.82) is 0 Å². The van der Waals surface area contributed by atoms with Crippen LogP contribution < -0.4 is 0 Å². The molecule has 0 fully saturated rings. The summed E-state index contributed by atoms with van der Waals surface area (Å²) in [5, 5.41) is 0. The van der Waals surface area contributed by atoms with E-state index in [1.165, 1.54) is 0 Å². The van der Waals surface area contributed by atoms with Gasteiger partial charge in [0, 0.05) is 6.04 Å². The van der Waals surface area contributed by atoms with E-state index in [0.717, 1.165) is 17.5 Å². The topological polar surface area (TPSA) is 20.3 Å². The van der Waals surface area contributed by atoms with Crippen LogP contribution in [-0.2, 0) is 10.2 Å². The minimum Gasteiger partial charge on any atom is -0.307 e. The predicted octanol–water partition coefficient (Wildman–Crippen LogP) is 4.67. The molecule has 0 aliphatic carbocycles. The van der Waals surface area contributed by atoms with Crippen LogP contribution in [0.25, 0.3) is 0 Å². The van der Waals surface area contributed by atoms with E-state index >= 15 is 0 Å². The van der Waals surface area contributed by atoms with Crippen LogP contribution in [0.5, 0.6) is 0 Å². The lowest BCUT2D eigenvalue weighted by Crippen LogP contribution is -2.45. The largest absolute Gasteiger partial charge is 0.307 e. The summed E-state index contributed by atoms with van der Waals surface area (Å²) in [5.41, 5.74) is 1.46. The van der Waals surface area contributed by atoms with Gasteiger partial charge >= 0.3 is 0 Å². The number of halogens is 1. The van der Waals surface area contributed by atoms with Gasteiger partial charge in [0.15, 0.2) is 5.78 Å². The molecule has 128 valence electrons. The van der Waals surface area contributed by atoms with Crippen molar-refractivity contribution in [1.82, 2.24) is 4.90 Å². The number of ketones is 1. The van der Waals surface area contributed by atoms with Gasteiger partial charge in [-0.25, -0.2) is 0 Å². The van der Waals surface area contributed by atoms with E-state index < -0.39 is 5.41 Å². The lowest BCUT2D eigenvalue weighted by Gasteiger charge is -2.38. The van der Waals surface area contributed by atoms with Crippen molar-refractivity contribution in [2.75, 3.05) is 14.1 Å². The summed E-state index contributed by atoms with van der Waals surface area (Å²) in [6, 6.07) is 20.6. The monoisotopic (exact) mass is 387 g/mol. The Bertz CT molecular complexity index is 613. The van der Waals surface area contributed by atoms with E-state index in [9.17, 15) is 4.79 Å². The van der Waals surface area contributed by atoms with E-state index in [2.05, 4.69) is 66.1 Å². The quantitative estimate of drug-likeness (QED) is 0.643. The maximum Gasteiger partial charge on any atom is 0.161 e. The molecule has 0 unspecified atom stereocenters. The number of carbonyl (C=O) groups is 1. The molecule has 0 saturated heterocycles. The van der Waals surface area contributed by atoms with Gasteiger partial charge in [-0.3, -0.25) is 4.79 Å². The zero-order valence-electron chi connectivity index (χ0n) is 14.9. The maximum atomic E-state index is 13.5. The summed E-state index contributed by atoms with van der Waals surface area (Å²) in [6.45, 7) is 4.09. The first-order valence-electron chi connectivity index (χ1n) is 8.35. The highest BCUT2D eigenvalue weighted by atomic mass is 79.9. The molecule has 24 heavy (non-hydrogen) atoms. The highest BCUT2D eigenvalue weighted by Gasteiger charge is 2.44. The van der Waals surface area contributed by atoms with Crippen LogP contribution in [0.4, 0.5) is 0 Å². The first-order chi connectivity index (χ1) is 11.4.